The van der Waals surface area contributed by atoms with E-state index in [1.165, 1.54) is 6.42 Å². The zero-order valence-electron chi connectivity index (χ0n) is 20.7. The van der Waals surface area contributed by atoms with Crippen molar-refractivity contribution in [2.45, 2.75) is 57.3 Å². The number of aromatic hydroxyl groups is 1. The molecule has 1 aromatic heterocycles. The van der Waals surface area contributed by atoms with Gasteiger partial charge in [-0.1, -0.05) is 79.1 Å². The fourth-order valence-corrected chi connectivity index (χ4v) is 5.01. The lowest BCUT2D eigenvalue weighted by Gasteiger charge is -2.33. The van der Waals surface area contributed by atoms with Gasteiger partial charge in [-0.3, -0.25) is 9.59 Å². The minimum absolute atomic E-state index is 0.0569. The van der Waals surface area contributed by atoms with E-state index in [2.05, 4.69) is 15.6 Å². The third-order valence-corrected chi connectivity index (χ3v) is 6.94. The number of hydrogen-bond donors (Lipinski definition) is 2. The smallest absolute Gasteiger partial charge is 0.247 e. The molecule has 1 fully saturated rings. The van der Waals surface area contributed by atoms with Crippen LogP contribution >= 0.6 is 0 Å². The summed E-state index contributed by atoms with van der Waals surface area (Å²) in [4.78, 5) is 29.4. The van der Waals surface area contributed by atoms with E-state index in [1.807, 2.05) is 54.6 Å². The Morgan fingerprint density at radius 3 is 2.41 bits per heavy atom. The number of para-hydroxylation sites is 1. The zero-order valence-corrected chi connectivity index (χ0v) is 20.7. The molecule has 2 N–H and O–H groups in total. The van der Waals surface area contributed by atoms with E-state index in [4.69, 9.17) is 0 Å². The molecule has 0 unspecified atom stereocenters. The number of amides is 2. The van der Waals surface area contributed by atoms with Crippen molar-refractivity contribution >= 4 is 22.8 Å². The number of carbonyl (C=O) groups excluding carboxylic acids is 2. The lowest BCUT2D eigenvalue weighted by atomic mass is 9.94. The average molecular weight is 498 g/mol. The van der Waals surface area contributed by atoms with Gasteiger partial charge in [0.05, 0.1) is 5.52 Å². The number of phenolic OH excluding ortho intramolecular Hbond substituents is 1. The molecule has 0 saturated heterocycles. The van der Waals surface area contributed by atoms with Crippen LogP contribution in [0.5, 0.6) is 5.75 Å². The Kier molecular flexibility index (Phi) is 7.44. The number of carbonyl (C=O) groups is 2. The first-order valence-corrected chi connectivity index (χ1v) is 12.8. The number of aromatic nitrogens is 3. The number of nitrogens with one attached hydrogen (secondary N) is 1. The number of phenols is 1. The maximum atomic E-state index is 13.9. The molecule has 0 spiro atoms. The van der Waals surface area contributed by atoms with Crippen molar-refractivity contribution in [3.8, 4) is 5.75 Å². The van der Waals surface area contributed by atoms with Gasteiger partial charge in [0, 0.05) is 12.6 Å². The third kappa shape index (κ3) is 5.80. The van der Waals surface area contributed by atoms with Crippen LogP contribution < -0.4 is 5.32 Å². The summed E-state index contributed by atoms with van der Waals surface area (Å²) in [5.74, 6) is -0.369. The second kappa shape index (κ2) is 11.2. The second-order valence-corrected chi connectivity index (χ2v) is 9.58. The lowest BCUT2D eigenvalue weighted by molar-refractivity contribution is -0.142. The molecule has 37 heavy (non-hydrogen) atoms. The summed E-state index contributed by atoms with van der Waals surface area (Å²) in [5.41, 5.74) is 3.01. The van der Waals surface area contributed by atoms with Crippen molar-refractivity contribution in [3.63, 3.8) is 0 Å². The maximum absolute atomic E-state index is 13.9. The Morgan fingerprint density at radius 1 is 0.946 bits per heavy atom. The minimum Gasteiger partial charge on any atom is -0.508 e. The minimum atomic E-state index is -0.870. The van der Waals surface area contributed by atoms with Crippen LogP contribution in [0.4, 0.5) is 0 Å². The van der Waals surface area contributed by atoms with E-state index in [0.29, 0.717) is 11.1 Å². The highest BCUT2D eigenvalue weighted by Crippen LogP contribution is 2.27. The highest BCUT2D eigenvalue weighted by atomic mass is 16.3. The maximum Gasteiger partial charge on any atom is 0.247 e. The fourth-order valence-electron chi connectivity index (χ4n) is 5.01. The summed E-state index contributed by atoms with van der Waals surface area (Å²) in [6, 6.07) is 22.8. The Hall–Kier alpha value is -4.20. The molecular weight excluding hydrogens is 466 g/mol. The summed E-state index contributed by atoms with van der Waals surface area (Å²) in [6.45, 7) is 0.189. The third-order valence-electron chi connectivity index (χ3n) is 6.94. The largest absolute Gasteiger partial charge is 0.508 e. The molecular formula is C29H31N5O3. The zero-order chi connectivity index (χ0) is 25.6. The van der Waals surface area contributed by atoms with Gasteiger partial charge in [-0.25, -0.2) is 4.68 Å². The standard InChI is InChI=1S/C29H31N5O3/c35-24-17-15-22(16-18-24)28(29(37)30-23-11-5-2-6-12-23)33(19-21-9-3-1-4-10-21)27(36)20-34-26-14-8-7-13-25(26)31-32-34/h1,3-4,7-10,13-18,23,28,35H,2,5-6,11-12,19-20H2,(H,30,37)/t28-/m0/s1. The molecule has 5 rings (SSSR count). The molecule has 1 saturated carbocycles. The quantitative estimate of drug-likeness (QED) is 0.377. The molecule has 1 atom stereocenters. The summed E-state index contributed by atoms with van der Waals surface area (Å²) in [6.07, 6.45) is 5.22. The highest BCUT2D eigenvalue weighted by Gasteiger charge is 2.33. The fraction of sp³-hybridized carbons (Fsp3) is 0.310. The van der Waals surface area contributed by atoms with Crippen molar-refractivity contribution in [1.29, 1.82) is 0 Å². The molecule has 3 aromatic carbocycles. The van der Waals surface area contributed by atoms with Crippen LogP contribution in [-0.4, -0.2) is 42.9 Å². The molecule has 8 heteroatoms. The first kappa shape index (κ1) is 24.5. The molecule has 2 amide bonds. The normalized spacial score (nSPS) is 14.8. The lowest BCUT2D eigenvalue weighted by Crippen LogP contribution is -2.47. The van der Waals surface area contributed by atoms with Crippen LogP contribution in [0.25, 0.3) is 11.0 Å². The number of benzene rings is 3. The van der Waals surface area contributed by atoms with E-state index in [-0.39, 0.29) is 36.7 Å². The van der Waals surface area contributed by atoms with Crippen molar-refractivity contribution < 1.29 is 14.7 Å². The summed E-state index contributed by atoms with van der Waals surface area (Å²) in [5, 5.41) is 21.5. The number of fused-ring (bicyclic) bond motifs is 1. The van der Waals surface area contributed by atoms with Crippen LogP contribution in [0.15, 0.2) is 78.9 Å². The highest BCUT2D eigenvalue weighted by molar-refractivity contribution is 5.89. The average Bonchev–Trinajstić information content (AvgIpc) is 3.33. The molecule has 8 nitrogen and oxygen atoms in total. The molecule has 1 heterocycles. The number of rotatable bonds is 8. The van der Waals surface area contributed by atoms with Crippen LogP contribution in [-0.2, 0) is 22.7 Å². The topological polar surface area (TPSA) is 100 Å². The van der Waals surface area contributed by atoms with E-state index in [1.54, 1.807) is 33.8 Å². The van der Waals surface area contributed by atoms with Crippen LogP contribution in [0.3, 0.4) is 0 Å². The van der Waals surface area contributed by atoms with Gasteiger partial charge < -0.3 is 15.3 Å². The van der Waals surface area contributed by atoms with Crippen molar-refractivity contribution in [2.24, 2.45) is 0 Å². The van der Waals surface area contributed by atoms with Gasteiger partial charge >= 0.3 is 0 Å². The Morgan fingerprint density at radius 2 is 1.65 bits per heavy atom. The monoisotopic (exact) mass is 497 g/mol. The molecule has 0 radical (unpaired) electrons. The predicted molar refractivity (Wildman–Crippen MR) is 140 cm³/mol. The first-order valence-electron chi connectivity index (χ1n) is 12.8. The molecule has 4 aromatic rings. The van der Waals surface area contributed by atoms with Crippen molar-refractivity contribution in [3.05, 3.63) is 90.0 Å². The molecule has 190 valence electrons. The molecule has 1 aliphatic carbocycles. The Bertz CT molecular complexity index is 1350. The van der Waals surface area contributed by atoms with Gasteiger partial charge in [0.25, 0.3) is 0 Å². The Labute approximate surface area is 215 Å². The SMILES string of the molecule is O=C(NC1CCCCC1)[C@H](c1ccc(O)cc1)N(Cc1ccccc1)C(=O)Cn1nnc2ccccc21. The summed E-state index contributed by atoms with van der Waals surface area (Å²) >= 11 is 0. The molecule has 0 bridgehead atoms. The van der Waals surface area contributed by atoms with E-state index >= 15 is 0 Å². The van der Waals surface area contributed by atoms with Crippen molar-refractivity contribution in [1.82, 2.24) is 25.2 Å². The van der Waals surface area contributed by atoms with Gasteiger partial charge in [0.1, 0.15) is 23.9 Å². The summed E-state index contributed by atoms with van der Waals surface area (Å²) in [7, 11) is 0. The predicted octanol–water partition coefficient (Wildman–Crippen LogP) is 4.36. The van der Waals surface area contributed by atoms with Gasteiger partial charge in [-0.2, -0.15) is 0 Å². The first-order chi connectivity index (χ1) is 18.1. The van der Waals surface area contributed by atoms with Gasteiger partial charge in [0.15, 0.2) is 0 Å². The van der Waals surface area contributed by atoms with Gasteiger partial charge in [-0.15, -0.1) is 5.10 Å². The van der Waals surface area contributed by atoms with E-state index < -0.39 is 6.04 Å². The van der Waals surface area contributed by atoms with Crippen LogP contribution in [0.1, 0.15) is 49.3 Å². The van der Waals surface area contributed by atoms with E-state index in [0.717, 1.165) is 36.8 Å². The molecule has 1 aliphatic rings. The Balaban J connectivity index is 1.50. The van der Waals surface area contributed by atoms with E-state index in [9.17, 15) is 14.7 Å². The molecule has 0 aliphatic heterocycles. The van der Waals surface area contributed by atoms with Crippen LogP contribution in [0, 0.1) is 0 Å². The summed E-state index contributed by atoms with van der Waals surface area (Å²) < 4.78 is 1.57. The van der Waals surface area contributed by atoms with Crippen molar-refractivity contribution in [2.75, 3.05) is 0 Å². The number of nitrogens with zero attached hydrogens (tertiary/aromatic N) is 4. The van der Waals surface area contributed by atoms with Crippen LogP contribution in [0.2, 0.25) is 0 Å². The van der Waals surface area contributed by atoms with Gasteiger partial charge in [-0.05, 0) is 48.2 Å². The van der Waals surface area contributed by atoms with Gasteiger partial charge in [0.2, 0.25) is 11.8 Å². The number of hydrogen-bond acceptors (Lipinski definition) is 5. The second-order valence-electron chi connectivity index (χ2n) is 9.58.